The smallest absolute Gasteiger partial charge is 0.254 e. The van der Waals surface area contributed by atoms with E-state index in [1.54, 1.807) is 39.3 Å². The van der Waals surface area contributed by atoms with E-state index >= 15 is 0 Å². The number of carbonyl (C=O) groups excluding carboxylic acids is 1. The van der Waals surface area contributed by atoms with Crippen molar-refractivity contribution in [2.45, 2.75) is 13.5 Å². The van der Waals surface area contributed by atoms with E-state index < -0.39 is 0 Å². The lowest BCUT2D eigenvalue weighted by atomic mass is 10.2. The molecule has 7 heteroatoms. The van der Waals surface area contributed by atoms with Gasteiger partial charge in [-0.25, -0.2) is 0 Å². The lowest BCUT2D eigenvalue weighted by Crippen LogP contribution is -2.23. The fraction of sp³-hybridized carbons (Fsp3) is 0.267. The lowest BCUT2D eigenvalue weighted by molar-refractivity contribution is 0.0950. The highest BCUT2D eigenvalue weighted by Crippen LogP contribution is 2.27. The molecule has 0 atom stereocenters. The molecule has 1 amide bonds. The van der Waals surface area contributed by atoms with E-state index in [4.69, 9.17) is 21.1 Å². The predicted molar refractivity (Wildman–Crippen MR) is 82.5 cm³/mol. The van der Waals surface area contributed by atoms with Crippen molar-refractivity contribution in [1.29, 1.82) is 0 Å². The largest absolute Gasteiger partial charge is 0.493 e. The summed E-state index contributed by atoms with van der Waals surface area (Å²) in [6.45, 7) is 2.07. The van der Waals surface area contributed by atoms with Gasteiger partial charge in [0.05, 0.1) is 25.5 Å². The first-order valence-corrected chi connectivity index (χ1v) is 6.92. The van der Waals surface area contributed by atoms with Crippen LogP contribution in [0.1, 0.15) is 21.6 Å². The second-order valence-electron chi connectivity index (χ2n) is 4.56. The molecule has 1 heterocycles. The molecule has 0 saturated carbocycles. The Kier molecular flexibility index (Phi) is 5.16. The molecule has 0 unspecified atom stereocenters. The van der Waals surface area contributed by atoms with Crippen LogP contribution in [0.5, 0.6) is 11.5 Å². The number of nitrogens with zero attached hydrogens (tertiary/aromatic N) is 2. The quantitative estimate of drug-likeness (QED) is 0.915. The van der Waals surface area contributed by atoms with Crippen molar-refractivity contribution in [1.82, 2.24) is 15.5 Å². The van der Waals surface area contributed by atoms with Gasteiger partial charge in [-0.2, -0.15) is 5.10 Å². The number of nitrogens with one attached hydrogen (secondary N) is 1. The summed E-state index contributed by atoms with van der Waals surface area (Å²) in [5, 5.41) is 10.4. The molecular formula is C15H16ClN3O3. The molecule has 0 fully saturated rings. The van der Waals surface area contributed by atoms with E-state index in [1.165, 1.54) is 0 Å². The van der Waals surface area contributed by atoms with E-state index in [0.717, 1.165) is 5.56 Å². The number of amides is 1. The molecule has 2 rings (SSSR count). The predicted octanol–water partition coefficient (Wildman–Crippen LogP) is 2.39. The number of aryl methyl sites for hydroxylation is 1. The average molecular weight is 322 g/mol. The summed E-state index contributed by atoms with van der Waals surface area (Å²) in [6, 6.07) is 7.03. The summed E-state index contributed by atoms with van der Waals surface area (Å²) in [4.78, 5) is 12.1. The van der Waals surface area contributed by atoms with E-state index in [0.29, 0.717) is 29.3 Å². The van der Waals surface area contributed by atoms with Crippen LogP contribution in [0.25, 0.3) is 0 Å². The first-order valence-electron chi connectivity index (χ1n) is 6.54. The van der Waals surface area contributed by atoms with Crippen molar-refractivity contribution < 1.29 is 14.3 Å². The van der Waals surface area contributed by atoms with Gasteiger partial charge in [-0.05, 0) is 30.7 Å². The summed E-state index contributed by atoms with van der Waals surface area (Å²) in [6.07, 6.45) is 0. The average Bonchev–Trinajstić information content (AvgIpc) is 2.54. The van der Waals surface area contributed by atoms with Crippen LogP contribution in [0, 0.1) is 6.92 Å². The first kappa shape index (κ1) is 16.0. The van der Waals surface area contributed by atoms with Crippen molar-refractivity contribution >= 4 is 17.5 Å². The van der Waals surface area contributed by atoms with Crippen LogP contribution in [0.2, 0.25) is 5.15 Å². The van der Waals surface area contributed by atoms with Gasteiger partial charge in [0.1, 0.15) is 0 Å². The molecule has 1 aromatic heterocycles. The normalized spacial score (nSPS) is 10.2. The molecule has 0 aliphatic rings. The van der Waals surface area contributed by atoms with Crippen LogP contribution < -0.4 is 14.8 Å². The SMILES string of the molecule is COc1ccc(CNC(=O)c2cc(C)nnc2Cl)cc1OC. The fourth-order valence-electron chi connectivity index (χ4n) is 1.90. The van der Waals surface area contributed by atoms with Crippen LogP contribution in [0.4, 0.5) is 0 Å². The highest BCUT2D eigenvalue weighted by atomic mass is 35.5. The lowest BCUT2D eigenvalue weighted by Gasteiger charge is -2.10. The van der Waals surface area contributed by atoms with Gasteiger partial charge in [-0.1, -0.05) is 17.7 Å². The Hall–Kier alpha value is -2.34. The second kappa shape index (κ2) is 7.09. The molecule has 0 saturated heterocycles. The number of carbonyl (C=O) groups is 1. The number of halogens is 1. The van der Waals surface area contributed by atoms with E-state index in [2.05, 4.69) is 15.5 Å². The number of methoxy groups -OCH3 is 2. The summed E-state index contributed by atoms with van der Waals surface area (Å²) in [5.74, 6) is 0.932. The third kappa shape index (κ3) is 3.65. The van der Waals surface area contributed by atoms with Crippen LogP contribution >= 0.6 is 11.6 Å². The number of aromatic nitrogens is 2. The van der Waals surface area contributed by atoms with Gasteiger partial charge in [0, 0.05) is 6.54 Å². The third-order valence-corrected chi connectivity index (χ3v) is 3.30. The molecule has 22 heavy (non-hydrogen) atoms. The Morgan fingerprint density at radius 2 is 1.91 bits per heavy atom. The van der Waals surface area contributed by atoms with Gasteiger partial charge < -0.3 is 14.8 Å². The van der Waals surface area contributed by atoms with Crippen molar-refractivity contribution in [3.8, 4) is 11.5 Å². The van der Waals surface area contributed by atoms with Crippen molar-refractivity contribution in [3.63, 3.8) is 0 Å². The molecule has 6 nitrogen and oxygen atoms in total. The monoisotopic (exact) mass is 321 g/mol. The minimum Gasteiger partial charge on any atom is -0.493 e. The van der Waals surface area contributed by atoms with Crippen LogP contribution in [0.3, 0.4) is 0 Å². The van der Waals surface area contributed by atoms with Crippen LogP contribution in [-0.4, -0.2) is 30.3 Å². The van der Waals surface area contributed by atoms with E-state index in [9.17, 15) is 4.79 Å². The maximum atomic E-state index is 12.1. The number of rotatable bonds is 5. The molecule has 1 N–H and O–H groups in total. The van der Waals surface area contributed by atoms with Gasteiger partial charge in [-0.15, -0.1) is 5.10 Å². The van der Waals surface area contributed by atoms with Crippen molar-refractivity contribution in [2.24, 2.45) is 0 Å². The zero-order valence-electron chi connectivity index (χ0n) is 12.5. The van der Waals surface area contributed by atoms with Crippen molar-refractivity contribution in [3.05, 3.63) is 46.2 Å². The van der Waals surface area contributed by atoms with Gasteiger partial charge in [0.25, 0.3) is 5.91 Å². The molecule has 2 aromatic rings. The second-order valence-corrected chi connectivity index (χ2v) is 4.92. The Bertz CT molecular complexity index is 692. The molecule has 0 aliphatic carbocycles. The standard InChI is InChI=1S/C15H16ClN3O3/c1-9-6-11(14(16)19-18-9)15(20)17-8-10-4-5-12(21-2)13(7-10)22-3/h4-7H,8H2,1-3H3,(H,17,20). The minimum absolute atomic E-state index is 0.0791. The zero-order valence-corrected chi connectivity index (χ0v) is 13.3. The zero-order chi connectivity index (χ0) is 16.1. The summed E-state index contributed by atoms with van der Waals surface area (Å²) in [5.41, 5.74) is 1.80. The Morgan fingerprint density at radius 1 is 1.18 bits per heavy atom. The molecule has 116 valence electrons. The molecule has 1 aromatic carbocycles. The maximum Gasteiger partial charge on any atom is 0.254 e. The van der Waals surface area contributed by atoms with Gasteiger partial charge >= 0.3 is 0 Å². The number of benzene rings is 1. The topological polar surface area (TPSA) is 73.3 Å². The van der Waals surface area contributed by atoms with E-state index in [-0.39, 0.29) is 11.1 Å². The van der Waals surface area contributed by atoms with Crippen molar-refractivity contribution in [2.75, 3.05) is 14.2 Å². The first-order chi connectivity index (χ1) is 10.5. The Balaban J connectivity index is 2.09. The number of hydrogen-bond acceptors (Lipinski definition) is 5. The maximum absolute atomic E-state index is 12.1. The third-order valence-electron chi connectivity index (χ3n) is 3.02. The van der Waals surface area contributed by atoms with Crippen LogP contribution in [-0.2, 0) is 6.54 Å². The Morgan fingerprint density at radius 3 is 2.59 bits per heavy atom. The van der Waals surface area contributed by atoms with Gasteiger partial charge in [0.2, 0.25) is 0 Å². The molecule has 0 aliphatic heterocycles. The molecule has 0 bridgehead atoms. The number of hydrogen-bond donors (Lipinski definition) is 1. The highest BCUT2D eigenvalue weighted by Gasteiger charge is 2.13. The van der Waals surface area contributed by atoms with E-state index in [1.807, 2.05) is 6.07 Å². The molecular weight excluding hydrogens is 306 g/mol. The summed E-state index contributed by atoms with van der Waals surface area (Å²) >= 11 is 5.89. The van der Waals surface area contributed by atoms with Crippen LogP contribution in [0.15, 0.2) is 24.3 Å². The molecule has 0 spiro atoms. The summed E-state index contributed by atoms with van der Waals surface area (Å²) in [7, 11) is 3.13. The highest BCUT2D eigenvalue weighted by molar-refractivity contribution is 6.32. The Labute approximate surface area is 133 Å². The van der Waals surface area contributed by atoms with Gasteiger partial charge in [0.15, 0.2) is 16.7 Å². The summed E-state index contributed by atoms with van der Waals surface area (Å²) < 4.78 is 10.4. The number of ether oxygens (including phenoxy) is 2. The minimum atomic E-state index is -0.308. The fourth-order valence-corrected chi connectivity index (χ4v) is 2.08. The molecule has 0 radical (unpaired) electrons. The van der Waals surface area contributed by atoms with Gasteiger partial charge in [-0.3, -0.25) is 4.79 Å².